The lowest BCUT2D eigenvalue weighted by Gasteiger charge is -2.35. The van der Waals surface area contributed by atoms with Gasteiger partial charge in [0, 0.05) is 25.7 Å². The fraction of sp³-hybridized carbons (Fsp3) is 1.00. The van der Waals surface area contributed by atoms with E-state index in [1.807, 2.05) is 0 Å². The number of rotatable bonds is 0. The molecule has 60 valence electrons. The van der Waals surface area contributed by atoms with Gasteiger partial charge in [-0.3, -0.25) is 0 Å². The summed E-state index contributed by atoms with van der Waals surface area (Å²) in [5.74, 6) is 0. The molecule has 1 aliphatic rings. The van der Waals surface area contributed by atoms with Gasteiger partial charge in [0.25, 0.3) is 0 Å². The topological polar surface area (TPSA) is 24.1 Å². The highest BCUT2D eigenvalue weighted by atomic mass is 15.1. The first-order valence-corrected chi connectivity index (χ1v) is 4.05. The van der Waals surface area contributed by atoms with Crippen molar-refractivity contribution < 1.29 is 0 Å². The van der Waals surface area contributed by atoms with Crippen LogP contribution in [0.4, 0.5) is 0 Å². The van der Waals surface area contributed by atoms with Gasteiger partial charge in [-0.05, 0) is 5.41 Å². The van der Waals surface area contributed by atoms with Crippen LogP contribution < -0.4 is 10.6 Å². The van der Waals surface area contributed by atoms with Gasteiger partial charge in [-0.15, -0.1) is 0 Å². The van der Waals surface area contributed by atoms with Crippen LogP contribution in [0.2, 0.25) is 0 Å². The van der Waals surface area contributed by atoms with E-state index in [-0.39, 0.29) is 0 Å². The van der Waals surface area contributed by atoms with Crippen LogP contribution >= 0.6 is 0 Å². The Kier molecular flexibility index (Phi) is 2.32. The van der Waals surface area contributed by atoms with E-state index in [0.717, 1.165) is 19.6 Å². The van der Waals surface area contributed by atoms with E-state index >= 15 is 0 Å². The summed E-state index contributed by atoms with van der Waals surface area (Å²) >= 11 is 0. The van der Waals surface area contributed by atoms with Crippen molar-refractivity contribution >= 4 is 0 Å². The second kappa shape index (κ2) is 2.89. The van der Waals surface area contributed by atoms with Gasteiger partial charge in [-0.2, -0.15) is 0 Å². The van der Waals surface area contributed by atoms with Crippen LogP contribution in [0.3, 0.4) is 0 Å². The maximum absolute atomic E-state index is 3.50. The SMILES string of the molecule is CC(C)(C)[C@H]1CNCCN1. The molecule has 1 saturated heterocycles. The monoisotopic (exact) mass is 142 g/mol. The third-order valence-corrected chi connectivity index (χ3v) is 2.09. The van der Waals surface area contributed by atoms with Crippen LogP contribution in [0, 0.1) is 5.41 Å². The number of hydrogen-bond donors (Lipinski definition) is 2. The van der Waals surface area contributed by atoms with Crippen LogP contribution in [-0.4, -0.2) is 25.7 Å². The maximum atomic E-state index is 3.50. The van der Waals surface area contributed by atoms with E-state index in [1.165, 1.54) is 0 Å². The molecule has 1 aliphatic heterocycles. The Hall–Kier alpha value is -0.0800. The average molecular weight is 142 g/mol. The molecule has 0 spiro atoms. The van der Waals surface area contributed by atoms with Crippen molar-refractivity contribution in [3.8, 4) is 0 Å². The smallest absolute Gasteiger partial charge is 0.0241 e. The molecular weight excluding hydrogens is 124 g/mol. The molecule has 0 aromatic heterocycles. The predicted molar refractivity (Wildman–Crippen MR) is 44.1 cm³/mol. The van der Waals surface area contributed by atoms with Crippen LogP contribution in [0.5, 0.6) is 0 Å². The fourth-order valence-corrected chi connectivity index (χ4v) is 1.27. The van der Waals surface area contributed by atoms with Gasteiger partial charge in [0.15, 0.2) is 0 Å². The Morgan fingerprint density at radius 1 is 1.20 bits per heavy atom. The highest BCUT2D eigenvalue weighted by molar-refractivity contribution is 4.85. The van der Waals surface area contributed by atoms with Crippen LogP contribution in [-0.2, 0) is 0 Å². The molecular formula is C8H18N2. The number of piperazine rings is 1. The number of hydrogen-bond acceptors (Lipinski definition) is 2. The van der Waals surface area contributed by atoms with Crippen LogP contribution in [0.25, 0.3) is 0 Å². The highest BCUT2D eigenvalue weighted by Crippen LogP contribution is 2.19. The second-order valence-electron chi connectivity index (χ2n) is 4.08. The van der Waals surface area contributed by atoms with Gasteiger partial charge in [0.05, 0.1) is 0 Å². The molecule has 2 nitrogen and oxygen atoms in total. The minimum absolute atomic E-state index is 0.396. The zero-order valence-corrected chi connectivity index (χ0v) is 7.20. The quantitative estimate of drug-likeness (QED) is 0.517. The van der Waals surface area contributed by atoms with Crippen molar-refractivity contribution in [3.63, 3.8) is 0 Å². The molecule has 0 aromatic carbocycles. The van der Waals surface area contributed by atoms with E-state index in [1.54, 1.807) is 0 Å². The Morgan fingerprint density at radius 3 is 2.20 bits per heavy atom. The molecule has 0 aromatic rings. The summed E-state index contributed by atoms with van der Waals surface area (Å²) in [4.78, 5) is 0. The lowest BCUT2D eigenvalue weighted by Crippen LogP contribution is -2.54. The van der Waals surface area contributed by atoms with Gasteiger partial charge >= 0.3 is 0 Å². The summed E-state index contributed by atoms with van der Waals surface area (Å²) in [6.45, 7) is 10.2. The first-order chi connectivity index (χ1) is 4.61. The van der Waals surface area contributed by atoms with Gasteiger partial charge in [0.1, 0.15) is 0 Å². The van der Waals surface area contributed by atoms with E-state index in [4.69, 9.17) is 0 Å². The lowest BCUT2D eigenvalue weighted by molar-refractivity contribution is 0.239. The maximum Gasteiger partial charge on any atom is 0.0241 e. The largest absolute Gasteiger partial charge is 0.314 e. The lowest BCUT2D eigenvalue weighted by atomic mass is 9.86. The van der Waals surface area contributed by atoms with Gasteiger partial charge in [-0.25, -0.2) is 0 Å². The standard InChI is InChI=1S/C8H18N2/c1-8(2,3)7-6-9-4-5-10-7/h7,9-10H,4-6H2,1-3H3/t7-/m1/s1. The molecule has 1 heterocycles. The Morgan fingerprint density at radius 2 is 1.90 bits per heavy atom. The van der Waals surface area contributed by atoms with Crippen molar-refractivity contribution in [1.29, 1.82) is 0 Å². The molecule has 2 heteroatoms. The second-order valence-corrected chi connectivity index (χ2v) is 4.08. The third kappa shape index (κ3) is 1.96. The van der Waals surface area contributed by atoms with Crippen molar-refractivity contribution in [2.75, 3.05) is 19.6 Å². The third-order valence-electron chi connectivity index (χ3n) is 2.09. The molecule has 1 fully saturated rings. The summed E-state index contributed by atoms with van der Waals surface area (Å²) in [7, 11) is 0. The molecule has 1 rings (SSSR count). The Bertz CT molecular complexity index is 98.3. The molecule has 2 N–H and O–H groups in total. The molecule has 0 saturated carbocycles. The van der Waals surface area contributed by atoms with Crippen LogP contribution in [0.1, 0.15) is 20.8 Å². The zero-order chi connectivity index (χ0) is 7.61. The molecule has 10 heavy (non-hydrogen) atoms. The first-order valence-electron chi connectivity index (χ1n) is 4.05. The highest BCUT2D eigenvalue weighted by Gasteiger charge is 2.24. The molecule has 1 atom stereocenters. The minimum atomic E-state index is 0.396. The van der Waals surface area contributed by atoms with Crippen molar-refractivity contribution in [2.24, 2.45) is 5.41 Å². The zero-order valence-electron chi connectivity index (χ0n) is 7.20. The molecule has 0 unspecified atom stereocenters. The van der Waals surface area contributed by atoms with Crippen LogP contribution in [0.15, 0.2) is 0 Å². The van der Waals surface area contributed by atoms with E-state index in [2.05, 4.69) is 31.4 Å². The Labute approximate surface area is 63.4 Å². The van der Waals surface area contributed by atoms with Gasteiger partial charge in [0.2, 0.25) is 0 Å². The molecule has 0 aliphatic carbocycles. The van der Waals surface area contributed by atoms with E-state index in [0.29, 0.717) is 11.5 Å². The van der Waals surface area contributed by atoms with E-state index < -0.39 is 0 Å². The summed E-state index contributed by atoms with van der Waals surface area (Å²) in [5.41, 5.74) is 0.396. The summed E-state index contributed by atoms with van der Waals surface area (Å²) in [6, 6.07) is 0.640. The molecule has 0 amide bonds. The summed E-state index contributed by atoms with van der Waals surface area (Å²) < 4.78 is 0. The molecule has 0 bridgehead atoms. The predicted octanol–water partition coefficient (Wildman–Crippen LogP) is 0.594. The minimum Gasteiger partial charge on any atom is -0.314 e. The molecule has 0 radical (unpaired) electrons. The van der Waals surface area contributed by atoms with Gasteiger partial charge < -0.3 is 10.6 Å². The summed E-state index contributed by atoms with van der Waals surface area (Å²) in [6.07, 6.45) is 0. The number of nitrogens with one attached hydrogen (secondary N) is 2. The normalized spacial score (nSPS) is 28.5. The fourth-order valence-electron chi connectivity index (χ4n) is 1.27. The average Bonchev–Trinajstić information content (AvgIpc) is 1.88. The summed E-state index contributed by atoms with van der Waals surface area (Å²) in [5, 5.41) is 6.88. The van der Waals surface area contributed by atoms with Crippen molar-refractivity contribution in [2.45, 2.75) is 26.8 Å². The van der Waals surface area contributed by atoms with Crippen molar-refractivity contribution in [1.82, 2.24) is 10.6 Å². The van der Waals surface area contributed by atoms with E-state index in [9.17, 15) is 0 Å². The van der Waals surface area contributed by atoms with Crippen molar-refractivity contribution in [3.05, 3.63) is 0 Å². The Balaban J connectivity index is 2.39. The first kappa shape index (κ1) is 8.02. The van der Waals surface area contributed by atoms with Gasteiger partial charge in [-0.1, -0.05) is 20.8 Å².